The number of ketones is 1. The summed E-state index contributed by atoms with van der Waals surface area (Å²) < 4.78 is 2.17. The van der Waals surface area contributed by atoms with Gasteiger partial charge in [0.15, 0.2) is 0 Å². The van der Waals surface area contributed by atoms with Gasteiger partial charge >= 0.3 is 0 Å². The number of nitrogens with zero attached hydrogens (tertiary/aromatic N) is 2. The summed E-state index contributed by atoms with van der Waals surface area (Å²) in [5.41, 5.74) is 4.56. The standard InChI is InChI=1S/C15H18N2O/c1-11-4-5-12(2)17(11)15-8-14(9-16-10-15)7-6-13(3)18/h4-5,8-10H,6-7H2,1-3H3. The van der Waals surface area contributed by atoms with Crippen LogP contribution in [0, 0.1) is 13.8 Å². The van der Waals surface area contributed by atoms with Crippen molar-refractivity contribution < 1.29 is 4.79 Å². The Morgan fingerprint density at radius 2 is 1.89 bits per heavy atom. The summed E-state index contributed by atoms with van der Waals surface area (Å²) in [6.07, 6.45) is 5.03. The molecule has 0 aliphatic rings. The highest BCUT2D eigenvalue weighted by molar-refractivity contribution is 5.75. The zero-order valence-corrected chi connectivity index (χ0v) is 11.1. The molecule has 0 aliphatic heterocycles. The van der Waals surface area contributed by atoms with Gasteiger partial charge in [-0.15, -0.1) is 0 Å². The Morgan fingerprint density at radius 1 is 1.22 bits per heavy atom. The number of carbonyl (C=O) groups excluding carboxylic acids is 1. The first kappa shape index (κ1) is 12.6. The number of rotatable bonds is 4. The average molecular weight is 242 g/mol. The number of hydrogen-bond acceptors (Lipinski definition) is 2. The van der Waals surface area contributed by atoms with Crippen LogP contribution in [0.5, 0.6) is 0 Å². The SMILES string of the molecule is CC(=O)CCc1cncc(-n2c(C)ccc2C)c1. The van der Waals surface area contributed by atoms with Crippen molar-refractivity contribution in [1.29, 1.82) is 0 Å². The van der Waals surface area contributed by atoms with E-state index in [4.69, 9.17) is 0 Å². The Bertz CT molecular complexity index is 550. The van der Waals surface area contributed by atoms with Gasteiger partial charge in [-0.2, -0.15) is 0 Å². The lowest BCUT2D eigenvalue weighted by molar-refractivity contribution is -0.116. The monoisotopic (exact) mass is 242 g/mol. The molecule has 0 saturated heterocycles. The van der Waals surface area contributed by atoms with Crippen LogP contribution in [-0.2, 0) is 11.2 Å². The normalized spacial score (nSPS) is 10.6. The quantitative estimate of drug-likeness (QED) is 0.826. The molecule has 0 N–H and O–H groups in total. The van der Waals surface area contributed by atoms with E-state index >= 15 is 0 Å². The van der Waals surface area contributed by atoms with Gasteiger partial charge in [0.25, 0.3) is 0 Å². The van der Waals surface area contributed by atoms with E-state index < -0.39 is 0 Å². The van der Waals surface area contributed by atoms with Crippen molar-refractivity contribution >= 4 is 5.78 Å². The number of carbonyl (C=O) groups is 1. The zero-order valence-electron chi connectivity index (χ0n) is 11.1. The fourth-order valence-corrected chi connectivity index (χ4v) is 2.13. The maximum absolute atomic E-state index is 11.0. The lowest BCUT2D eigenvalue weighted by atomic mass is 10.1. The largest absolute Gasteiger partial charge is 0.317 e. The number of aryl methyl sites for hydroxylation is 3. The summed E-state index contributed by atoms with van der Waals surface area (Å²) in [6, 6.07) is 6.30. The van der Waals surface area contributed by atoms with Gasteiger partial charge in [-0.1, -0.05) is 0 Å². The molecule has 94 valence electrons. The molecular formula is C15H18N2O. The van der Waals surface area contributed by atoms with E-state index in [1.807, 2.05) is 12.4 Å². The zero-order chi connectivity index (χ0) is 13.1. The lowest BCUT2D eigenvalue weighted by Crippen LogP contribution is -2.01. The van der Waals surface area contributed by atoms with Crippen molar-refractivity contribution in [2.75, 3.05) is 0 Å². The molecule has 0 bridgehead atoms. The number of aromatic nitrogens is 2. The maximum Gasteiger partial charge on any atom is 0.130 e. The maximum atomic E-state index is 11.0. The molecule has 0 unspecified atom stereocenters. The van der Waals surface area contributed by atoms with Crippen LogP contribution in [0.15, 0.2) is 30.6 Å². The molecular weight excluding hydrogens is 224 g/mol. The summed E-state index contributed by atoms with van der Waals surface area (Å²) in [6.45, 7) is 5.78. The molecule has 0 atom stereocenters. The first-order valence-electron chi connectivity index (χ1n) is 6.16. The summed E-state index contributed by atoms with van der Waals surface area (Å²) in [5.74, 6) is 0.216. The van der Waals surface area contributed by atoms with Crippen LogP contribution >= 0.6 is 0 Å². The van der Waals surface area contributed by atoms with E-state index in [2.05, 4.69) is 41.6 Å². The third kappa shape index (κ3) is 2.67. The summed E-state index contributed by atoms with van der Waals surface area (Å²) >= 11 is 0. The predicted molar refractivity (Wildman–Crippen MR) is 72.0 cm³/mol. The van der Waals surface area contributed by atoms with Gasteiger partial charge in [0.05, 0.1) is 11.9 Å². The lowest BCUT2D eigenvalue weighted by Gasteiger charge is -2.10. The third-order valence-corrected chi connectivity index (χ3v) is 3.08. The van der Waals surface area contributed by atoms with Crippen molar-refractivity contribution in [3.63, 3.8) is 0 Å². The van der Waals surface area contributed by atoms with Gasteiger partial charge < -0.3 is 9.36 Å². The van der Waals surface area contributed by atoms with E-state index in [9.17, 15) is 4.79 Å². The highest BCUT2D eigenvalue weighted by Gasteiger charge is 2.05. The van der Waals surface area contributed by atoms with Crippen molar-refractivity contribution in [2.45, 2.75) is 33.6 Å². The Balaban J connectivity index is 2.30. The van der Waals surface area contributed by atoms with Gasteiger partial charge in [-0.3, -0.25) is 4.98 Å². The van der Waals surface area contributed by atoms with Gasteiger partial charge in [0.1, 0.15) is 5.78 Å². The Labute approximate surface area is 107 Å². The highest BCUT2D eigenvalue weighted by Crippen LogP contribution is 2.17. The van der Waals surface area contributed by atoms with E-state index in [1.54, 1.807) is 6.92 Å². The highest BCUT2D eigenvalue weighted by atomic mass is 16.1. The van der Waals surface area contributed by atoms with Gasteiger partial charge in [-0.25, -0.2) is 0 Å². The Hall–Kier alpha value is -1.90. The molecule has 0 amide bonds. The molecule has 2 rings (SSSR count). The number of pyridine rings is 1. The molecule has 0 fully saturated rings. The van der Waals surface area contributed by atoms with E-state index in [0.717, 1.165) is 17.7 Å². The van der Waals surface area contributed by atoms with Gasteiger partial charge in [-0.05, 0) is 51.0 Å². The number of Topliss-reactive ketones (excluding diaryl/α,β-unsaturated/α-hetero) is 1. The molecule has 3 nitrogen and oxygen atoms in total. The average Bonchev–Trinajstić information content (AvgIpc) is 2.67. The van der Waals surface area contributed by atoms with Crippen LogP contribution in [-0.4, -0.2) is 15.3 Å². The van der Waals surface area contributed by atoms with Crippen molar-refractivity contribution in [2.24, 2.45) is 0 Å². The minimum atomic E-state index is 0.216. The van der Waals surface area contributed by atoms with Crippen LogP contribution < -0.4 is 0 Å². The second-order valence-electron chi connectivity index (χ2n) is 4.70. The first-order valence-corrected chi connectivity index (χ1v) is 6.16. The summed E-state index contributed by atoms with van der Waals surface area (Å²) in [7, 11) is 0. The Kier molecular flexibility index (Phi) is 3.60. The van der Waals surface area contributed by atoms with Crippen LogP contribution in [0.4, 0.5) is 0 Å². The minimum Gasteiger partial charge on any atom is -0.317 e. The van der Waals surface area contributed by atoms with Gasteiger partial charge in [0.2, 0.25) is 0 Å². The molecule has 2 aromatic rings. The molecule has 2 heterocycles. The molecule has 18 heavy (non-hydrogen) atoms. The van der Waals surface area contributed by atoms with E-state index in [1.165, 1.54) is 11.4 Å². The van der Waals surface area contributed by atoms with Crippen LogP contribution in [0.3, 0.4) is 0 Å². The molecule has 0 saturated carbocycles. The van der Waals surface area contributed by atoms with Crippen LogP contribution in [0.1, 0.15) is 30.3 Å². The topological polar surface area (TPSA) is 34.9 Å². The summed E-state index contributed by atoms with van der Waals surface area (Å²) in [4.78, 5) is 15.3. The smallest absolute Gasteiger partial charge is 0.130 e. The summed E-state index contributed by atoms with van der Waals surface area (Å²) in [5, 5.41) is 0. The molecule has 3 heteroatoms. The fraction of sp³-hybridized carbons (Fsp3) is 0.333. The van der Waals surface area contributed by atoms with Crippen molar-refractivity contribution in [1.82, 2.24) is 9.55 Å². The van der Waals surface area contributed by atoms with Crippen LogP contribution in [0.2, 0.25) is 0 Å². The van der Waals surface area contributed by atoms with E-state index in [-0.39, 0.29) is 5.78 Å². The van der Waals surface area contributed by atoms with Crippen LogP contribution in [0.25, 0.3) is 5.69 Å². The second kappa shape index (κ2) is 5.17. The van der Waals surface area contributed by atoms with Crippen molar-refractivity contribution in [3.8, 4) is 5.69 Å². The molecule has 0 spiro atoms. The third-order valence-electron chi connectivity index (χ3n) is 3.08. The van der Waals surface area contributed by atoms with Crippen molar-refractivity contribution in [3.05, 3.63) is 47.5 Å². The fourth-order valence-electron chi connectivity index (χ4n) is 2.13. The molecule has 0 aliphatic carbocycles. The Morgan fingerprint density at radius 3 is 2.50 bits per heavy atom. The first-order chi connectivity index (χ1) is 8.58. The second-order valence-corrected chi connectivity index (χ2v) is 4.70. The van der Waals surface area contributed by atoms with E-state index in [0.29, 0.717) is 6.42 Å². The molecule has 0 radical (unpaired) electrons. The minimum absolute atomic E-state index is 0.216. The van der Waals surface area contributed by atoms with Gasteiger partial charge in [0, 0.05) is 24.0 Å². The predicted octanol–water partition coefficient (Wildman–Crippen LogP) is 3.01. The molecule has 2 aromatic heterocycles. The molecule has 0 aromatic carbocycles. The number of hydrogen-bond donors (Lipinski definition) is 0.